The van der Waals surface area contributed by atoms with Crippen molar-refractivity contribution >= 4 is 17.7 Å². The quantitative estimate of drug-likeness (QED) is 0.819. The number of hydrogen-bond donors (Lipinski definition) is 2. The standard InChI is InChI=1S/C12H18N2OS/c1-9(16-2)8-14-12(15)11-5-3-10(7-13)4-6-11/h3-6,9H,7-8,13H2,1-2H3,(H,14,15). The van der Waals surface area contributed by atoms with Crippen LogP contribution in [0.15, 0.2) is 24.3 Å². The Hall–Kier alpha value is -1.00. The molecule has 1 aromatic carbocycles. The van der Waals surface area contributed by atoms with E-state index in [2.05, 4.69) is 12.2 Å². The molecule has 16 heavy (non-hydrogen) atoms. The van der Waals surface area contributed by atoms with Gasteiger partial charge in [-0.2, -0.15) is 11.8 Å². The van der Waals surface area contributed by atoms with Crippen LogP contribution in [-0.2, 0) is 6.54 Å². The number of amides is 1. The highest BCUT2D eigenvalue weighted by molar-refractivity contribution is 7.99. The molecule has 0 saturated carbocycles. The van der Waals surface area contributed by atoms with Crippen LogP contribution in [0.2, 0.25) is 0 Å². The average Bonchev–Trinajstić information content (AvgIpc) is 2.35. The van der Waals surface area contributed by atoms with E-state index in [0.717, 1.165) is 5.56 Å². The Morgan fingerprint density at radius 1 is 1.44 bits per heavy atom. The summed E-state index contributed by atoms with van der Waals surface area (Å²) in [5, 5.41) is 3.33. The van der Waals surface area contributed by atoms with Crippen molar-refractivity contribution in [3.8, 4) is 0 Å². The van der Waals surface area contributed by atoms with Gasteiger partial charge in [0, 0.05) is 23.9 Å². The van der Waals surface area contributed by atoms with E-state index >= 15 is 0 Å². The van der Waals surface area contributed by atoms with E-state index in [1.54, 1.807) is 23.9 Å². The van der Waals surface area contributed by atoms with Crippen LogP contribution in [0.1, 0.15) is 22.8 Å². The summed E-state index contributed by atoms with van der Waals surface area (Å²) in [5.74, 6) is -0.0236. The molecule has 0 aliphatic carbocycles. The maximum Gasteiger partial charge on any atom is 0.251 e. The predicted molar refractivity (Wildman–Crippen MR) is 69.6 cm³/mol. The third-order valence-corrected chi connectivity index (χ3v) is 3.38. The summed E-state index contributed by atoms with van der Waals surface area (Å²) in [6.45, 7) is 3.28. The first-order chi connectivity index (χ1) is 7.67. The molecule has 0 saturated heterocycles. The highest BCUT2D eigenvalue weighted by atomic mass is 32.2. The molecule has 3 nitrogen and oxygen atoms in total. The topological polar surface area (TPSA) is 55.1 Å². The Labute approximate surface area is 101 Å². The zero-order valence-electron chi connectivity index (χ0n) is 9.69. The third kappa shape index (κ3) is 3.87. The number of carbonyl (C=O) groups excluding carboxylic acids is 1. The van der Waals surface area contributed by atoms with Gasteiger partial charge in [-0.1, -0.05) is 19.1 Å². The molecule has 0 fully saturated rings. The number of thioether (sulfide) groups is 1. The minimum atomic E-state index is -0.0236. The zero-order valence-corrected chi connectivity index (χ0v) is 10.5. The smallest absolute Gasteiger partial charge is 0.251 e. The fraction of sp³-hybridized carbons (Fsp3) is 0.417. The van der Waals surface area contributed by atoms with E-state index in [9.17, 15) is 4.79 Å². The molecular formula is C12H18N2OS. The molecule has 1 rings (SSSR count). The van der Waals surface area contributed by atoms with E-state index in [0.29, 0.717) is 23.9 Å². The van der Waals surface area contributed by atoms with Gasteiger partial charge in [0.15, 0.2) is 0 Å². The van der Waals surface area contributed by atoms with Crippen molar-refractivity contribution in [3.05, 3.63) is 35.4 Å². The second-order valence-corrected chi connectivity index (χ2v) is 4.93. The van der Waals surface area contributed by atoms with Crippen LogP contribution in [0.4, 0.5) is 0 Å². The lowest BCUT2D eigenvalue weighted by Gasteiger charge is -2.10. The van der Waals surface area contributed by atoms with Gasteiger partial charge in [-0.25, -0.2) is 0 Å². The Balaban J connectivity index is 2.52. The van der Waals surface area contributed by atoms with Gasteiger partial charge < -0.3 is 11.1 Å². The van der Waals surface area contributed by atoms with Crippen molar-refractivity contribution in [2.45, 2.75) is 18.7 Å². The number of carbonyl (C=O) groups is 1. The summed E-state index contributed by atoms with van der Waals surface area (Å²) in [6.07, 6.45) is 2.03. The molecule has 88 valence electrons. The van der Waals surface area contributed by atoms with Crippen LogP contribution < -0.4 is 11.1 Å². The van der Waals surface area contributed by atoms with Crippen molar-refractivity contribution < 1.29 is 4.79 Å². The molecule has 0 bridgehead atoms. The van der Waals surface area contributed by atoms with Gasteiger partial charge in [-0.15, -0.1) is 0 Å². The van der Waals surface area contributed by atoms with Gasteiger partial charge in [-0.3, -0.25) is 4.79 Å². The third-order valence-electron chi connectivity index (χ3n) is 2.40. The first-order valence-electron chi connectivity index (χ1n) is 5.27. The molecule has 0 aromatic heterocycles. The lowest BCUT2D eigenvalue weighted by atomic mass is 10.1. The van der Waals surface area contributed by atoms with Gasteiger partial charge in [0.05, 0.1) is 0 Å². The Morgan fingerprint density at radius 2 is 2.06 bits per heavy atom. The molecule has 1 aromatic rings. The zero-order chi connectivity index (χ0) is 12.0. The Morgan fingerprint density at radius 3 is 2.56 bits per heavy atom. The van der Waals surface area contributed by atoms with Gasteiger partial charge in [-0.05, 0) is 24.0 Å². The second kappa shape index (κ2) is 6.55. The number of nitrogens with two attached hydrogens (primary N) is 1. The molecule has 4 heteroatoms. The minimum Gasteiger partial charge on any atom is -0.351 e. The summed E-state index contributed by atoms with van der Waals surface area (Å²) >= 11 is 1.74. The summed E-state index contributed by atoms with van der Waals surface area (Å²) in [4.78, 5) is 11.7. The fourth-order valence-electron chi connectivity index (χ4n) is 1.21. The van der Waals surface area contributed by atoms with E-state index in [1.807, 2.05) is 18.4 Å². The fourth-order valence-corrected chi connectivity index (χ4v) is 1.46. The van der Waals surface area contributed by atoms with Gasteiger partial charge in [0.2, 0.25) is 0 Å². The van der Waals surface area contributed by atoms with Gasteiger partial charge in [0.25, 0.3) is 5.91 Å². The van der Waals surface area contributed by atoms with E-state index < -0.39 is 0 Å². The first kappa shape index (κ1) is 13.1. The number of rotatable bonds is 5. The molecule has 1 unspecified atom stereocenters. The Kier molecular flexibility index (Phi) is 5.35. The van der Waals surface area contributed by atoms with Gasteiger partial charge >= 0.3 is 0 Å². The van der Waals surface area contributed by atoms with E-state index in [-0.39, 0.29) is 5.91 Å². The maximum absolute atomic E-state index is 11.7. The molecule has 0 spiro atoms. The molecule has 1 atom stereocenters. The largest absolute Gasteiger partial charge is 0.351 e. The summed E-state index contributed by atoms with van der Waals surface area (Å²) in [6, 6.07) is 7.38. The highest BCUT2D eigenvalue weighted by Gasteiger charge is 2.06. The normalized spacial score (nSPS) is 12.2. The number of nitrogens with one attached hydrogen (secondary N) is 1. The molecular weight excluding hydrogens is 220 g/mol. The van der Waals surface area contributed by atoms with Crippen LogP contribution in [-0.4, -0.2) is 24.0 Å². The second-order valence-electron chi connectivity index (χ2n) is 3.66. The van der Waals surface area contributed by atoms with Gasteiger partial charge in [0.1, 0.15) is 0 Å². The molecule has 1 amide bonds. The SMILES string of the molecule is CSC(C)CNC(=O)c1ccc(CN)cc1. The van der Waals surface area contributed by atoms with Crippen LogP contribution in [0.3, 0.4) is 0 Å². The Bertz CT molecular complexity index is 337. The van der Waals surface area contributed by atoms with Crippen LogP contribution in [0.25, 0.3) is 0 Å². The highest BCUT2D eigenvalue weighted by Crippen LogP contribution is 2.05. The number of hydrogen-bond acceptors (Lipinski definition) is 3. The van der Waals surface area contributed by atoms with E-state index in [1.165, 1.54) is 0 Å². The van der Waals surface area contributed by atoms with Crippen molar-refractivity contribution in [2.24, 2.45) is 5.73 Å². The minimum absolute atomic E-state index is 0.0236. The van der Waals surface area contributed by atoms with Crippen LogP contribution in [0, 0.1) is 0 Å². The maximum atomic E-state index is 11.7. The molecule has 0 aliphatic rings. The van der Waals surface area contributed by atoms with Crippen LogP contribution >= 0.6 is 11.8 Å². The van der Waals surface area contributed by atoms with Crippen molar-refractivity contribution in [2.75, 3.05) is 12.8 Å². The lowest BCUT2D eigenvalue weighted by Crippen LogP contribution is -2.29. The first-order valence-corrected chi connectivity index (χ1v) is 6.56. The molecule has 3 N–H and O–H groups in total. The summed E-state index contributed by atoms with van der Waals surface area (Å²) in [5.41, 5.74) is 7.21. The van der Waals surface area contributed by atoms with Crippen LogP contribution in [0.5, 0.6) is 0 Å². The average molecular weight is 238 g/mol. The van der Waals surface area contributed by atoms with Crippen molar-refractivity contribution in [1.29, 1.82) is 0 Å². The summed E-state index contributed by atoms with van der Waals surface area (Å²) in [7, 11) is 0. The predicted octanol–water partition coefficient (Wildman–Crippen LogP) is 1.63. The summed E-state index contributed by atoms with van der Waals surface area (Å²) < 4.78 is 0. The monoisotopic (exact) mass is 238 g/mol. The van der Waals surface area contributed by atoms with Crippen molar-refractivity contribution in [1.82, 2.24) is 5.32 Å². The molecule has 0 aliphatic heterocycles. The van der Waals surface area contributed by atoms with Crippen molar-refractivity contribution in [3.63, 3.8) is 0 Å². The molecule has 0 heterocycles. The van der Waals surface area contributed by atoms with E-state index in [4.69, 9.17) is 5.73 Å². The number of benzene rings is 1. The molecule has 0 radical (unpaired) electrons. The lowest BCUT2D eigenvalue weighted by molar-refractivity contribution is 0.0954.